The topological polar surface area (TPSA) is 41.6 Å². The Morgan fingerprint density at radius 2 is 2.00 bits per heavy atom. The van der Waals surface area contributed by atoms with Crippen LogP contribution in [0, 0.1) is 5.82 Å². The molecule has 0 aliphatic heterocycles. The lowest BCUT2D eigenvalue weighted by molar-refractivity contribution is -0.122. The maximum absolute atomic E-state index is 12.8. The van der Waals surface area contributed by atoms with E-state index in [1.807, 2.05) is 37.1 Å². The van der Waals surface area contributed by atoms with Crippen LogP contribution >= 0.6 is 11.6 Å². The van der Waals surface area contributed by atoms with Crippen molar-refractivity contribution < 1.29 is 13.9 Å². The zero-order valence-corrected chi connectivity index (χ0v) is 15.1. The van der Waals surface area contributed by atoms with Gasteiger partial charge in [0.2, 0.25) is 5.91 Å². The van der Waals surface area contributed by atoms with Gasteiger partial charge in [0.15, 0.2) is 0 Å². The molecule has 0 aliphatic rings. The third-order valence-corrected chi connectivity index (χ3v) is 3.93. The van der Waals surface area contributed by atoms with E-state index in [9.17, 15) is 9.18 Å². The van der Waals surface area contributed by atoms with Gasteiger partial charge < -0.3 is 10.1 Å². The molecule has 0 radical (unpaired) electrons. The quantitative estimate of drug-likeness (QED) is 0.777. The summed E-state index contributed by atoms with van der Waals surface area (Å²) in [6.07, 6.45) is 0. The highest BCUT2D eigenvalue weighted by molar-refractivity contribution is 6.30. The average molecular weight is 365 g/mol. The van der Waals surface area contributed by atoms with Crippen molar-refractivity contribution in [3.63, 3.8) is 0 Å². The Balaban J connectivity index is 1.71. The Labute approximate surface area is 152 Å². The minimum Gasteiger partial charge on any atom is -0.492 e. The van der Waals surface area contributed by atoms with Crippen LogP contribution in [-0.2, 0) is 4.79 Å². The molecule has 0 saturated carbocycles. The van der Waals surface area contributed by atoms with Crippen molar-refractivity contribution in [1.82, 2.24) is 10.2 Å². The minimum atomic E-state index is -0.296. The predicted molar refractivity (Wildman–Crippen MR) is 97.4 cm³/mol. The van der Waals surface area contributed by atoms with Gasteiger partial charge in [-0.3, -0.25) is 9.69 Å². The van der Waals surface area contributed by atoms with Crippen molar-refractivity contribution in [2.45, 2.75) is 13.0 Å². The van der Waals surface area contributed by atoms with Crippen LogP contribution in [0.4, 0.5) is 4.39 Å². The molecule has 0 heterocycles. The minimum absolute atomic E-state index is 0.0724. The van der Waals surface area contributed by atoms with E-state index in [1.165, 1.54) is 12.1 Å². The Kier molecular flexibility index (Phi) is 7.22. The highest BCUT2D eigenvalue weighted by Crippen LogP contribution is 2.17. The summed E-state index contributed by atoms with van der Waals surface area (Å²) >= 11 is 5.97. The normalized spacial score (nSPS) is 12.0. The molecule has 0 saturated heterocycles. The van der Waals surface area contributed by atoms with E-state index in [2.05, 4.69) is 5.32 Å². The third kappa shape index (κ3) is 6.72. The number of amides is 1. The highest BCUT2D eigenvalue weighted by Gasteiger charge is 2.12. The first-order chi connectivity index (χ1) is 11.9. The number of nitrogens with zero attached hydrogens (tertiary/aromatic N) is 1. The van der Waals surface area contributed by atoms with Crippen molar-refractivity contribution in [3.8, 4) is 5.75 Å². The number of rotatable bonds is 8. The fourth-order valence-electron chi connectivity index (χ4n) is 2.32. The molecule has 0 fully saturated rings. The maximum atomic E-state index is 12.8. The summed E-state index contributed by atoms with van der Waals surface area (Å²) in [5, 5.41) is 3.59. The number of carbonyl (C=O) groups excluding carboxylic acids is 1. The lowest BCUT2D eigenvalue weighted by Crippen LogP contribution is -2.38. The smallest absolute Gasteiger partial charge is 0.234 e. The predicted octanol–water partition coefficient (Wildman–Crippen LogP) is 3.67. The average Bonchev–Trinajstić information content (AvgIpc) is 2.56. The zero-order valence-electron chi connectivity index (χ0n) is 14.3. The summed E-state index contributed by atoms with van der Waals surface area (Å²) in [5.74, 6) is 0.237. The summed E-state index contributed by atoms with van der Waals surface area (Å²) in [6.45, 7) is 3.18. The summed E-state index contributed by atoms with van der Waals surface area (Å²) in [6, 6.07) is 13.2. The molecule has 134 valence electrons. The Morgan fingerprint density at radius 1 is 1.28 bits per heavy atom. The lowest BCUT2D eigenvalue weighted by Gasteiger charge is -2.19. The van der Waals surface area contributed by atoms with Gasteiger partial charge in [-0.15, -0.1) is 0 Å². The first-order valence-electron chi connectivity index (χ1n) is 8.06. The highest BCUT2D eigenvalue weighted by atomic mass is 35.5. The number of benzene rings is 2. The first-order valence-corrected chi connectivity index (χ1v) is 8.43. The van der Waals surface area contributed by atoms with Crippen LogP contribution in [0.5, 0.6) is 5.75 Å². The number of ether oxygens (including phenoxy) is 1. The maximum Gasteiger partial charge on any atom is 0.234 e. The van der Waals surface area contributed by atoms with E-state index in [4.69, 9.17) is 16.3 Å². The number of halogens is 2. The molecule has 1 N–H and O–H groups in total. The first kappa shape index (κ1) is 19.2. The fourth-order valence-corrected chi connectivity index (χ4v) is 2.52. The molecule has 0 bridgehead atoms. The van der Waals surface area contributed by atoms with E-state index in [0.717, 1.165) is 5.56 Å². The molecule has 2 aromatic carbocycles. The molecule has 1 amide bonds. The van der Waals surface area contributed by atoms with Crippen LogP contribution in [0.15, 0.2) is 48.5 Å². The Morgan fingerprint density at radius 3 is 2.68 bits per heavy atom. The molecule has 2 rings (SSSR count). The van der Waals surface area contributed by atoms with Crippen LogP contribution in [-0.4, -0.2) is 37.6 Å². The van der Waals surface area contributed by atoms with Crippen LogP contribution < -0.4 is 10.1 Å². The van der Waals surface area contributed by atoms with Gasteiger partial charge in [-0.2, -0.15) is 0 Å². The van der Waals surface area contributed by atoms with E-state index >= 15 is 0 Å². The van der Waals surface area contributed by atoms with Crippen LogP contribution in [0.25, 0.3) is 0 Å². The molecule has 1 atom stereocenters. The molecule has 0 aromatic heterocycles. The molecule has 0 aliphatic carbocycles. The van der Waals surface area contributed by atoms with E-state index in [-0.39, 0.29) is 24.3 Å². The SMILES string of the molecule is CC(NC(=O)CN(C)CCOc1ccc(F)cc1)c1cccc(Cl)c1. The standard InChI is InChI=1S/C19H22ClFN2O2/c1-14(15-4-3-5-16(20)12-15)22-19(24)13-23(2)10-11-25-18-8-6-17(21)7-9-18/h3-9,12,14H,10-11,13H2,1-2H3,(H,22,24). The molecule has 25 heavy (non-hydrogen) atoms. The van der Waals surface area contributed by atoms with Gasteiger partial charge in [0.25, 0.3) is 0 Å². The van der Waals surface area contributed by atoms with Crippen LogP contribution in [0.1, 0.15) is 18.5 Å². The van der Waals surface area contributed by atoms with Gasteiger partial charge in [0, 0.05) is 11.6 Å². The van der Waals surface area contributed by atoms with E-state index in [1.54, 1.807) is 18.2 Å². The molecule has 4 nitrogen and oxygen atoms in total. The molecule has 2 aromatic rings. The van der Waals surface area contributed by atoms with Crippen molar-refractivity contribution in [2.24, 2.45) is 0 Å². The van der Waals surface area contributed by atoms with Crippen molar-refractivity contribution in [2.75, 3.05) is 26.7 Å². The van der Waals surface area contributed by atoms with Crippen molar-refractivity contribution in [1.29, 1.82) is 0 Å². The van der Waals surface area contributed by atoms with Gasteiger partial charge in [-0.25, -0.2) is 4.39 Å². The molecular weight excluding hydrogens is 343 g/mol. The van der Waals surface area contributed by atoms with Gasteiger partial charge in [0.1, 0.15) is 18.2 Å². The Hall–Kier alpha value is -2.11. The van der Waals surface area contributed by atoms with Crippen LogP contribution in [0.2, 0.25) is 5.02 Å². The van der Waals surface area contributed by atoms with Crippen molar-refractivity contribution in [3.05, 3.63) is 64.9 Å². The third-order valence-electron chi connectivity index (χ3n) is 3.70. The number of hydrogen-bond acceptors (Lipinski definition) is 3. The number of hydrogen-bond donors (Lipinski definition) is 1. The number of likely N-dealkylation sites (N-methyl/N-ethyl adjacent to an activating group) is 1. The molecule has 6 heteroatoms. The Bertz CT molecular complexity index is 694. The summed E-state index contributed by atoms with van der Waals surface area (Å²) in [4.78, 5) is 14.0. The largest absolute Gasteiger partial charge is 0.492 e. The number of carbonyl (C=O) groups is 1. The number of nitrogens with one attached hydrogen (secondary N) is 1. The lowest BCUT2D eigenvalue weighted by atomic mass is 10.1. The van der Waals surface area contributed by atoms with Gasteiger partial charge >= 0.3 is 0 Å². The van der Waals surface area contributed by atoms with Gasteiger partial charge in [-0.1, -0.05) is 23.7 Å². The van der Waals surface area contributed by atoms with Gasteiger partial charge in [0.05, 0.1) is 12.6 Å². The molecule has 1 unspecified atom stereocenters. The summed E-state index contributed by atoms with van der Waals surface area (Å²) in [5.41, 5.74) is 0.961. The second-order valence-electron chi connectivity index (χ2n) is 5.88. The van der Waals surface area contributed by atoms with E-state index < -0.39 is 0 Å². The fraction of sp³-hybridized carbons (Fsp3) is 0.316. The molecule has 0 spiro atoms. The van der Waals surface area contributed by atoms with Crippen molar-refractivity contribution >= 4 is 17.5 Å². The van der Waals surface area contributed by atoms with Crippen LogP contribution in [0.3, 0.4) is 0 Å². The molecular formula is C19H22ClFN2O2. The second kappa shape index (κ2) is 9.39. The van der Waals surface area contributed by atoms with E-state index in [0.29, 0.717) is 23.9 Å². The van der Waals surface area contributed by atoms with Gasteiger partial charge in [-0.05, 0) is 55.9 Å². The summed E-state index contributed by atoms with van der Waals surface area (Å²) in [7, 11) is 1.84. The second-order valence-corrected chi connectivity index (χ2v) is 6.32. The summed E-state index contributed by atoms with van der Waals surface area (Å²) < 4.78 is 18.3. The zero-order chi connectivity index (χ0) is 18.2. The monoisotopic (exact) mass is 364 g/mol.